The van der Waals surface area contributed by atoms with Crippen molar-refractivity contribution in [2.24, 2.45) is 0 Å². The van der Waals surface area contributed by atoms with E-state index >= 15 is 0 Å². The van der Waals surface area contributed by atoms with Gasteiger partial charge >= 0.3 is 175 Å². The molecule has 0 amide bonds. The van der Waals surface area contributed by atoms with Crippen molar-refractivity contribution in [1.29, 1.82) is 0 Å². The van der Waals surface area contributed by atoms with Crippen LogP contribution in [0.5, 0.6) is 0 Å². The zero-order valence-corrected chi connectivity index (χ0v) is 19.0. The first kappa shape index (κ1) is 20.5. The van der Waals surface area contributed by atoms with Crippen molar-refractivity contribution in [3.05, 3.63) is 59.7 Å². The summed E-state index contributed by atoms with van der Waals surface area (Å²) in [7, 11) is 14.7. The number of benzene rings is 2. The van der Waals surface area contributed by atoms with Crippen LogP contribution in [0.25, 0.3) is 0 Å². The number of rotatable bonds is 6. The normalized spacial score (nSPS) is 15.4. The van der Waals surface area contributed by atoms with Crippen LogP contribution in [0.2, 0.25) is 0 Å². The fourth-order valence-electron chi connectivity index (χ4n) is 3.23. The molecule has 0 bridgehead atoms. The topological polar surface area (TPSA) is 13.0 Å². The van der Waals surface area contributed by atoms with E-state index in [0.717, 1.165) is 26.2 Å². The molecule has 0 saturated carbocycles. The molecule has 2 aromatic carbocycles. The first-order valence-corrected chi connectivity index (χ1v) is 12.2. The number of anilines is 2. The molecule has 0 unspecified atom stereocenters. The van der Waals surface area contributed by atoms with Crippen LogP contribution in [-0.2, 0) is 28.8 Å². The van der Waals surface area contributed by atoms with Crippen molar-refractivity contribution in [3.8, 4) is 0 Å². The van der Waals surface area contributed by atoms with E-state index in [2.05, 4.69) is 96.3 Å². The fourth-order valence-corrected chi connectivity index (χ4v) is 5.31. The molecule has 6 heteroatoms. The second kappa shape index (κ2) is 9.29. The first-order chi connectivity index (χ1) is 13.0. The Morgan fingerprint density at radius 2 is 1.11 bits per heavy atom. The molecular formula is C21H28ClN4Ru. The molecule has 0 aromatic heterocycles. The Bertz CT molecular complexity index is 708. The van der Waals surface area contributed by atoms with Gasteiger partial charge in [0.2, 0.25) is 0 Å². The van der Waals surface area contributed by atoms with Crippen LogP contribution >= 0.6 is 9.69 Å². The van der Waals surface area contributed by atoms with Gasteiger partial charge in [0.25, 0.3) is 0 Å². The fraction of sp³-hybridized carbons (Fsp3) is 0.381. The standard InChI is InChI=1S/C21H28N4.ClH.Ru/c1-22(2)20-9-5-18(6-10-20)15-24-13-14-25(17-24)16-19-7-11-21(12-8-19)23(3)4;;/h5-12H,13-16H2,1-4H3;1H;/q;;+1/p-1. The molecular weight excluding hydrogens is 445 g/mol. The SMILES string of the molecule is CN(C)c1ccc(CN2CCN(Cc3ccc(N(C)C)cc3)[C]2=[Ru][Cl])cc1. The Morgan fingerprint density at radius 1 is 0.741 bits per heavy atom. The van der Waals surface area contributed by atoms with Crippen LogP contribution in [0, 0.1) is 0 Å². The van der Waals surface area contributed by atoms with Gasteiger partial charge in [-0.15, -0.1) is 0 Å². The van der Waals surface area contributed by atoms with Gasteiger partial charge in [-0.3, -0.25) is 0 Å². The minimum atomic E-state index is -0.296. The molecule has 147 valence electrons. The van der Waals surface area contributed by atoms with Crippen molar-refractivity contribution in [2.75, 3.05) is 51.1 Å². The van der Waals surface area contributed by atoms with Gasteiger partial charge in [0.15, 0.2) is 0 Å². The zero-order chi connectivity index (χ0) is 19.4. The van der Waals surface area contributed by atoms with E-state index in [1.54, 1.807) is 0 Å². The number of hydrogen-bond donors (Lipinski definition) is 0. The van der Waals surface area contributed by atoms with Crippen molar-refractivity contribution in [1.82, 2.24) is 9.80 Å². The van der Waals surface area contributed by atoms with Gasteiger partial charge in [0.05, 0.1) is 0 Å². The molecule has 4 nitrogen and oxygen atoms in total. The van der Waals surface area contributed by atoms with Gasteiger partial charge in [-0.2, -0.15) is 0 Å². The molecule has 1 heterocycles. The Labute approximate surface area is 174 Å². The van der Waals surface area contributed by atoms with Crippen LogP contribution < -0.4 is 9.80 Å². The summed E-state index contributed by atoms with van der Waals surface area (Å²) in [6, 6.07) is 17.6. The molecule has 3 rings (SSSR count). The summed E-state index contributed by atoms with van der Waals surface area (Å²) in [5, 5.41) is 0. The first-order valence-electron chi connectivity index (χ1n) is 9.11. The molecule has 1 aliphatic rings. The Morgan fingerprint density at radius 3 is 1.41 bits per heavy atom. The second-order valence-corrected chi connectivity index (χ2v) is 9.19. The minimum absolute atomic E-state index is 0.296. The third kappa shape index (κ3) is 5.17. The summed E-state index contributed by atoms with van der Waals surface area (Å²) in [6.45, 7) is 3.95. The molecule has 1 saturated heterocycles. The zero-order valence-electron chi connectivity index (χ0n) is 16.5. The summed E-state index contributed by atoms with van der Waals surface area (Å²) < 4.78 is 1.32. The molecule has 0 atom stereocenters. The van der Waals surface area contributed by atoms with Gasteiger partial charge in [0, 0.05) is 0 Å². The van der Waals surface area contributed by atoms with E-state index < -0.39 is 0 Å². The molecule has 2 aromatic rings. The van der Waals surface area contributed by atoms with E-state index in [-0.39, 0.29) is 15.7 Å². The summed E-state index contributed by atoms with van der Waals surface area (Å²) in [6.07, 6.45) is 0. The summed E-state index contributed by atoms with van der Waals surface area (Å²) in [5.74, 6) is 0. The third-order valence-electron chi connectivity index (χ3n) is 4.86. The monoisotopic (exact) mass is 473 g/mol. The number of nitrogens with zero attached hydrogens (tertiary/aromatic N) is 4. The van der Waals surface area contributed by atoms with E-state index in [1.165, 1.54) is 26.9 Å². The van der Waals surface area contributed by atoms with Crippen LogP contribution in [0.4, 0.5) is 11.4 Å². The van der Waals surface area contributed by atoms with Gasteiger partial charge in [-0.1, -0.05) is 0 Å². The second-order valence-electron chi connectivity index (χ2n) is 7.29. The number of halogens is 1. The maximum absolute atomic E-state index is 6.42. The molecule has 1 aliphatic heterocycles. The van der Waals surface area contributed by atoms with Crippen LogP contribution in [0.15, 0.2) is 48.5 Å². The van der Waals surface area contributed by atoms with Gasteiger partial charge < -0.3 is 0 Å². The van der Waals surface area contributed by atoms with Crippen LogP contribution in [0.1, 0.15) is 11.1 Å². The third-order valence-corrected chi connectivity index (χ3v) is 6.96. The van der Waals surface area contributed by atoms with E-state index in [1.807, 2.05) is 0 Å². The van der Waals surface area contributed by atoms with Crippen molar-refractivity contribution in [2.45, 2.75) is 13.1 Å². The van der Waals surface area contributed by atoms with Crippen molar-refractivity contribution < 1.29 is 15.7 Å². The summed E-state index contributed by atoms with van der Waals surface area (Å²) in [4.78, 5) is 9.15. The summed E-state index contributed by atoms with van der Waals surface area (Å²) in [5.41, 5.74) is 5.13. The quantitative estimate of drug-likeness (QED) is 0.597. The van der Waals surface area contributed by atoms with Crippen molar-refractivity contribution in [3.63, 3.8) is 0 Å². The molecule has 0 aliphatic carbocycles. The molecule has 0 N–H and O–H groups in total. The van der Waals surface area contributed by atoms with E-state index in [4.69, 9.17) is 9.69 Å². The van der Waals surface area contributed by atoms with Gasteiger partial charge in [0.1, 0.15) is 0 Å². The van der Waals surface area contributed by atoms with E-state index in [9.17, 15) is 0 Å². The van der Waals surface area contributed by atoms with Crippen LogP contribution in [-0.4, -0.2) is 55.4 Å². The predicted octanol–water partition coefficient (Wildman–Crippen LogP) is 3.46. The average Bonchev–Trinajstić information content (AvgIpc) is 3.03. The number of hydrogen-bond acceptors (Lipinski definition) is 4. The Balaban J connectivity index is 1.64. The van der Waals surface area contributed by atoms with Gasteiger partial charge in [-0.25, -0.2) is 0 Å². The Hall–Kier alpha value is -1.26. The average molecular weight is 473 g/mol. The van der Waals surface area contributed by atoms with E-state index in [0.29, 0.717) is 0 Å². The summed E-state index contributed by atoms with van der Waals surface area (Å²) >= 11 is -0.296. The predicted molar refractivity (Wildman–Crippen MR) is 113 cm³/mol. The molecule has 27 heavy (non-hydrogen) atoms. The van der Waals surface area contributed by atoms with Crippen molar-refractivity contribution >= 4 is 25.4 Å². The van der Waals surface area contributed by atoms with Gasteiger partial charge in [-0.05, 0) is 0 Å². The van der Waals surface area contributed by atoms with Crippen LogP contribution in [0.3, 0.4) is 0 Å². The Kier molecular flexibility index (Phi) is 7.05. The molecule has 0 spiro atoms. The molecule has 0 radical (unpaired) electrons. The maximum atomic E-state index is 6.42. The molecule has 1 fully saturated rings.